The number of rotatable bonds is 7. The van der Waals surface area contributed by atoms with Crippen LogP contribution in [-0.4, -0.2) is 26.4 Å². The van der Waals surface area contributed by atoms with Gasteiger partial charge in [-0.05, 0) is 69.3 Å². The molecular formula is C29H25N2NaO6S. The number of aryl methyl sites for hydroxylation is 2. The molecule has 0 radical (unpaired) electrons. The Labute approximate surface area is 248 Å². The molecule has 1 N–H and O–H groups in total. The Morgan fingerprint density at radius 1 is 1.05 bits per heavy atom. The van der Waals surface area contributed by atoms with Gasteiger partial charge in [-0.1, -0.05) is 36.4 Å². The van der Waals surface area contributed by atoms with E-state index in [1.165, 1.54) is 25.2 Å². The number of fused-ring (bicyclic) bond motifs is 2. The predicted molar refractivity (Wildman–Crippen MR) is 142 cm³/mol. The Bertz CT molecular complexity index is 1810. The molecule has 10 heteroatoms. The zero-order chi connectivity index (χ0) is 27.2. The number of carboxylic acids is 1. The summed E-state index contributed by atoms with van der Waals surface area (Å²) in [5.74, 6) is -0.548. The van der Waals surface area contributed by atoms with Gasteiger partial charge in [0.25, 0.3) is 0 Å². The van der Waals surface area contributed by atoms with E-state index in [0.29, 0.717) is 39.3 Å². The van der Waals surface area contributed by atoms with Crippen molar-refractivity contribution in [2.75, 3.05) is 7.05 Å². The molecule has 0 aliphatic heterocycles. The van der Waals surface area contributed by atoms with Crippen molar-refractivity contribution in [2.24, 2.45) is 0 Å². The van der Waals surface area contributed by atoms with Gasteiger partial charge in [-0.3, -0.25) is 0 Å². The van der Waals surface area contributed by atoms with E-state index in [9.17, 15) is 18.3 Å². The standard InChI is InChI=1S/C29H26N2O6S.Na/c1-16-9-14-25(36-18(3)19-10-12-20(13-11-19)38(34,35)30-4)26-22(29(32)33)15-23(31-27(16)26)28-17(2)21-7-5-6-8-24(21)37-28;/h5-15,18,30H,1-4H3,(H,32,33);/q;+1/p-1/t18-;/m1./s1. The van der Waals surface area contributed by atoms with Crippen LogP contribution in [0.2, 0.25) is 0 Å². The molecule has 0 aliphatic carbocycles. The number of hydrogen-bond acceptors (Lipinski definition) is 7. The van der Waals surface area contributed by atoms with E-state index in [0.717, 1.165) is 16.5 Å². The van der Waals surface area contributed by atoms with Crippen molar-refractivity contribution < 1.29 is 57.0 Å². The van der Waals surface area contributed by atoms with E-state index in [2.05, 4.69) is 4.72 Å². The fourth-order valence-corrected chi connectivity index (χ4v) is 5.26. The Morgan fingerprint density at radius 3 is 2.38 bits per heavy atom. The van der Waals surface area contributed by atoms with Crippen molar-refractivity contribution in [2.45, 2.75) is 31.8 Å². The molecular weight excluding hydrogens is 527 g/mol. The smallest absolute Gasteiger partial charge is 0.545 e. The Morgan fingerprint density at radius 2 is 1.74 bits per heavy atom. The first-order valence-corrected chi connectivity index (χ1v) is 13.4. The third-order valence-electron chi connectivity index (χ3n) is 6.65. The number of nitrogens with zero attached hydrogens (tertiary/aromatic N) is 1. The molecule has 0 amide bonds. The van der Waals surface area contributed by atoms with Gasteiger partial charge >= 0.3 is 29.6 Å². The average molecular weight is 553 g/mol. The SMILES string of the molecule is CNS(=O)(=O)c1ccc([C@@H](C)Oc2ccc(C)c3nc(-c4oc5ccccc5c4C)cc(C(=O)[O-])c23)cc1.[Na+]. The summed E-state index contributed by atoms with van der Waals surface area (Å²) in [5, 5.41) is 13.6. The Balaban J connectivity index is 0.00000353. The van der Waals surface area contributed by atoms with E-state index in [4.69, 9.17) is 14.1 Å². The number of sulfonamides is 1. The van der Waals surface area contributed by atoms with Crippen molar-refractivity contribution in [1.82, 2.24) is 9.71 Å². The summed E-state index contributed by atoms with van der Waals surface area (Å²) in [6, 6.07) is 18.9. The maximum absolute atomic E-state index is 12.3. The number of ether oxygens (including phenoxy) is 1. The molecule has 2 aromatic heterocycles. The first kappa shape index (κ1) is 28.8. The van der Waals surface area contributed by atoms with Gasteiger partial charge in [0, 0.05) is 16.5 Å². The van der Waals surface area contributed by atoms with Crippen LogP contribution < -0.4 is 44.1 Å². The van der Waals surface area contributed by atoms with Crippen LogP contribution in [0.1, 0.15) is 40.1 Å². The van der Waals surface area contributed by atoms with Crippen molar-refractivity contribution in [3.05, 3.63) is 89.0 Å². The predicted octanol–water partition coefficient (Wildman–Crippen LogP) is 1.68. The zero-order valence-electron chi connectivity index (χ0n) is 22.2. The molecule has 0 unspecified atom stereocenters. The van der Waals surface area contributed by atoms with Crippen LogP contribution in [0.4, 0.5) is 0 Å². The molecule has 0 aliphatic rings. The van der Waals surface area contributed by atoms with Crippen LogP contribution in [0.5, 0.6) is 5.75 Å². The number of benzene rings is 3. The second-order valence-electron chi connectivity index (χ2n) is 9.04. The van der Waals surface area contributed by atoms with Gasteiger partial charge in [0.15, 0.2) is 5.76 Å². The molecule has 5 rings (SSSR count). The fraction of sp³-hybridized carbons (Fsp3) is 0.172. The van der Waals surface area contributed by atoms with Crippen LogP contribution in [-0.2, 0) is 10.0 Å². The fourth-order valence-electron chi connectivity index (χ4n) is 4.53. The Kier molecular flexibility index (Phi) is 8.20. The monoisotopic (exact) mass is 552 g/mol. The minimum absolute atomic E-state index is 0. The maximum Gasteiger partial charge on any atom is 1.00 e. The summed E-state index contributed by atoms with van der Waals surface area (Å²) in [7, 11) is -2.22. The molecule has 194 valence electrons. The van der Waals surface area contributed by atoms with E-state index in [1.54, 1.807) is 25.1 Å². The topological polar surface area (TPSA) is 122 Å². The van der Waals surface area contributed by atoms with Gasteiger partial charge in [-0.15, -0.1) is 0 Å². The van der Waals surface area contributed by atoms with Crippen molar-refractivity contribution >= 4 is 37.9 Å². The van der Waals surface area contributed by atoms with Gasteiger partial charge in [0.05, 0.1) is 21.8 Å². The molecule has 2 heterocycles. The molecule has 3 aromatic carbocycles. The zero-order valence-corrected chi connectivity index (χ0v) is 25.0. The van der Waals surface area contributed by atoms with Gasteiger partial charge in [-0.25, -0.2) is 18.1 Å². The first-order chi connectivity index (χ1) is 18.1. The summed E-state index contributed by atoms with van der Waals surface area (Å²) in [6.07, 6.45) is -0.515. The molecule has 39 heavy (non-hydrogen) atoms. The van der Waals surface area contributed by atoms with Gasteiger partial charge in [-0.2, -0.15) is 0 Å². The number of pyridine rings is 1. The summed E-state index contributed by atoms with van der Waals surface area (Å²) in [4.78, 5) is 17.3. The van der Waals surface area contributed by atoms with Gasteiger partial charge in [0.1, 0.15) is 23.1 Å². The maximum atomic E-state index is 12.3. The molecule has 1 atom stereocenters. The minimum atomic E-state index is -3.57. The molecule has 0 spiro atoms. The molecule has 0 fully saturated rings. The van der Waals surface area contributed by atoms with Gasteiger partial charge < -0.3 is 19.1 Å². The summed E-state index contributed by atoms with van der Waals surface area (Å²) in [6.45, 7) is 5.55. The minimum Gasteiger partial charge on any atom is -0.545 e. The number of carbonyl (C=O) groups is 1. The van der Waals surface area contributed by atoms with E-state index < -0.39 is 22.1 Å². The first-order valence-electron chi connectivity index (χ1n) is 11.9. The van der Waals surface area contributed by atoms with Crippen molar-refractivity contribution in [1.29, 1.82) is 0 Å². The van der Waals surface area contributed by atoms with Crippen LogP contribution >= 0.6 is 0 Å². The number of hydrogen-bond donors (Lipinski definition) is 1. The molecule has 0 bridgehead atoms. The largest absolute Gasteiger partial charge is 1.00 e. The average Bonchev–Trinajstić information content (AvgIpc) is 3.26. The van der Waals surface area contributed by atoms with E-state index in [-0.39, 0.29) is 40.0 Å². The number of furan rings is 1. The third kappa shape index (κ3) is 5.33. The number of carboxylic acid groups (broad SMARTS) is 1. The second-order valence-corrected chi connectivity index (χ2v) is 10.9. The number of carbonyl (C=O) groups excluding carboxylic acids is 1. The number of nitrogens with one attached hydrogen (secondary N) is 1. The molecule has 5 aromatic rings. The molecule has 8 nitrogen and oxygen atoms in total. The second kappa shape index (κ2) is 11.1. The summed E-state index contributed by atoms with van der Waals surface area (Å²) >= 11 is 0. The van der Waals surface area contributed by atoms with E-state index >= 15 is 0 Å². The summed E-state index contributed by atoms with van der Waals surface area (Å²) in [5.41, 5.74) is 3.81. The normalized spacial score (nSPS) is 12.3. The third-order valence-corrected chi connectivity index (χ3v) is 8.08. The quantitative estimate of drug-likeness (QED) is 0.305. The van der Waals surface area contributed by atoms with Crippen molar-refractivity contribution in [3.63, 3.8) is 0 Å². The number of para-hydroxylation sites is 1. The molecule has 0 saturated carbocycles. The Hall–Kier alpha value is -3.21. The van der Waals surface area contributed by atoms with Crippen molar-refractivity contribution in [3.8, 4) is 17.2 Å². The van der Waals surface area contributed by atoms with E-state index in [1.807, 2.05) is 44.2 Å². The number of aromatic nitrogens is 1. The van der Waals surface area contributed by atoms with Crippen LogP contribution in [0, 0.1) is 13.8 Å². The van der Waals surface area contributed by atoms with Crippen LogP contribution in [0.15, 0.2) is 76.0 Å². The molecule has 0 saturated heterocycles. The van der Waals surface area contributed by atoms with Gasteiger partial charge in [0.2, 0.25) is 10.0 Å². The van der Waals surface area contributed by atoms with Crippen LogP contribution in [0.25, 0.3) is 33.3 Å². The summed E-state index contributed by atoms with van der Waals surface area (Å²) < 4.78 is 38.6. The number of aromatic carboxylic acids is 1. The van der Waals surface area contributed by atoms with Crippen LogP contribution in [0.3, 0.4) is 0 Å².